The minimum atomic E-state index is -8.11. The second-order valence-electron chi connectivity index (χ2n) is 7.92. The van der Waals surface area contributed by atoms with Crippen molar-refractivity contribution in [2.24, 2.45) is 5.16 Å². The van der Waals surface area contributed by atoms with Gasteiger partial charge in [0, 0.05) is 11.1 Å². The van der Waals surface area contributed by atoms with Crippen molar-refractivity contribution in [3.63, 3.8) is 0 Å². The number of oxime groups is 1. The van der Waals surface area contributed by atoms with Crippen LogP contribution in [0.1, 0.15) is 5.56 Å². The lowest BCUT2D eigenvalue weighted by Crippen LogP contribution is -2.70. The Morgan fingerprint density at radius 2 is 1.29 bits per heavy atom. The summed E-state index contributed by atoms with van der Waals surface area (Å²) in [5, 5.41) is 1.68. The summed E-state index contributed by atoms with van der Waals surface area (Å²) in [5.41, 5.74) is -12.0. The van der Waals surface area contributed by atoms with E-state index in [2.05, 4.69) is 4.28 Å². The van der Waals surface area contributed by atoms with Crippen molar-refractivity contribution in [3.05, 3.63) is 54.1 Å². The molecule has 2 aromatic rings. The first kappa shape index (κ1) is 34.8. The third-order valence-corrected chi connectivity index (χ3v) is 6.08. The third kappa shape index (κ3) is 5.65. The van der Waals surface area contributed by atoms with Crippen LogP contribution in [0.5, 0.6) is 5.75 Å². The van der Waals surface area contributed by atoms with E-state index in [0.717, 1.165) is 7.11 Å². The molecule has 2 aromatic carbocycles. The van der Waals surface area contributed by atoms with Gasteiger partial charge in [-0.3, -0.25) is 4.28 Å². The van der Waals surface area contributed by atoms with Crippen molar-refractivity contribution >= 4 is 15.8 Å². The average molecular weight is 659 g/mol. The van der Waals surface area contributed by atoms with Crippen molar-refractivity contribution in [1.29, 1.82) is 0 Å². The smallest absolute Gasteiger partial charge is 0.496 e. The van der Waals surface area contributed by atoms with E-state index in [9.17, 15) is 65.5 Å². The Morgan fingerprint density at radius 1 is 0.762 bits per heavy atom. The molecule has 236 valence electrons. The normalized spacial score (nSPS) is 14.7. The first-order chi connectivity index (χ1) is 18.8. The van der Waals surface area contributed by atoms with Crippen LogP contribution in [0.2, 0.25) is 0 Å². The van der Waals surface area contributed by atoms with Crippen LogP contribution in [0.4, 0.5) is 65.9 Å². The Labute approximate surface area is 224 Å². The molecule has 0 radical (unpaired) electrons. The molecule has 0 aromatic heterocycles. The van der Waals surface area contributed by atoms with Crippen molar-refractivity contribution in [3.8, 4) is 16.9 Å². The second kappa shape index (κ2) is 11.0. The Hall–Kier alpha value is -3.39. The number of alkyl halides is 15. The SMILES string of the molecule is COc1ccc(C(=NOS(=O)(=O)C(F)(F)F)C(F)(F)C(F)(F)C(F)(F)C(F)(F)C(F)(F)C(F)F)cc1-c1ccccc1. The zero-order valence-electron chi connectivity index (χ0n) is 19.9. The fourth-order valence-corrected chi connectivity index (χ4v) is 3.27. The summed E-state index contributed by atoms with van der Waals surface area (Å²) in [6, 6.07) is 7.26. The maximum Gasteiger partial charge on any atom is 0.536 e. The molecule has 0 amide bonds. The van der Waals surface area contributed by atoms with Crippen LogP contribution < -0.4 is 4.74 Å². The third-order valence-electron chi connectivity index (χ3n) is 5.24. The molecule has 0 aliphatic rings. The molecule has 0 N–H and O–H groups in total. The highest BCUT2D eigenvalue weighted by Crippen LogP contribution is 2.58. The Morgan fingerprint density at radius 3 is 1.74 bits per heavy atom. The van der Waals surface area contributed by atoms with Crippen LogP contribution in [0.25, 0.3) is 11.1 Å². The molecule has 0 saturated heterocycles. The summed E-state index contributed by atoms with van der Waals surface area (Å²) in [4.78, 5) is 0. The first-order valence-corrected chi connectivity index (χ1v) is 11.7. The molecule has 0 heterocycles. The number of methoxy groups -OCH3 is 1. The molecule has 42 heavy (non-hydrogen) atoms. The summed E-state index contributed by atoms with van der Waals surface area (Å²) in [6.07, 6.45) is -5.81. The maximum atomic E-state index is 15.0. The summed E-state index contributed by atoms with van der Waals surface area (Å²) in [6.45, 7) is 0. The Balaban J connectivity index is 2.92. The van der Waals surface area contributed by atoms with Crippen LogP contribution in [0.3, 0.4) is 0 Å². The molecular formula is C21H12F15NO4S. The van der Waals surface area contributed by atoms with Gasteiger partial charge in [-0.2, -0.15) is 65.5 Å². The monoisotopic (exact) mass is 659 g/mol. The number of hydrogen-bond acceptors (Lipinski definition) is 5. The fraction of sp³-hybridized carbons (Fsp3) is 0.381. The maximum absolute atomic E-state index is 15.0. The fourth-order valence-electron chi connectivity index (χ4n) is 3.01. The topological polar surface area (TPSA) is 65.0 Å². The molecule has 0 atom stereocenters. The van der Waals surface area contributed by atoms with Gasteiger partial charge >= 0.3 is 51.7 Å². The molecule has 0 saturated carbocycles. The second-order valence-corrected chi connectivity index (χ2v) is 9.44. The van der Waals surface area contributed by atoms with E-state index < -0.39 is 68.5 Å². The quantitative estimate of drug-likeness (QED) is 0.109. The minimum Gasteiger partial charge on any atom is -0.496 e. The van der Waals surface area contributed by atoms with Gasteiger partial charge in [0.1, 0.15) is 5.75 Å². The summed E-state index contributed by atoms with van der Waals surface area (Å²) in [7, 11) is -6.18. The molecule has 2 rings (SSSR count). The molecule has 0 fully saturated rings. The van der Waals surface area contributed by atoms with Crippen LogP contribution in [-0.4, -0.2) is 62.8 Å². The highest BCUT2D eigenvalue weighted by atomic mass is 32.2. The molecular weight excluding hydrogens is 647 g/mol. The van der Waals surface area contributed by atoms with Crippen LogP contribution >= 0.6 is 0 Å². The van der Waals surface area contributed by atoms with Gasteiger partial charge in [0.25, 0.3) is 0 Å². The number of ether oxygens (including phenoxy) is 1. The largest absolute Gasteiger partial charge is 0.536 e. The van der Waals surface area contributed by atoms with E-state index in [4.69, 9.17) is 4.74 Å². The standard InChI is InChI=1S/C21H12F15NO4S/c1-40-13-8-7-11(9-12(13)10-5-3-2-4-6-10)14(37-41-42(38,39)21(34,35)36)16(24,25)18(28,29)20(32,33)19(30,31)17(26,27)15(22)23/h2-9,15H,1H3. The predicted molar refractivity (Wildman–Crippen MR) is 112 cm³/mol. The van der Waals surface area contributed by atoms with Crippen molar-refractivity contribution in [2.45, 2.75) is 41.5 Å². The van der Waals surface area contributed by atoms with Gasteiger partial charge in [-0.15, -0.1) is 0 Å². The molecule has 0 unspecified atom stereocenters. The summed E-state index contributed by atoms with van der Waals surface area (Å²) in [5.74, 6) is -38.8. The van der Waals surface area contributed by atoms with E-state index in [1.54, 1.807) is 5.16 Å². The van der Waals surface area contributed by atoms with Gasteiger partial charge in [-0.25, -0.2) is 8.78 Å². The highest BCUT2D eigenvalue weighted by molar-refractivity contribution is 7.87. The molecule has 21 heteroatoms. The lowest BCUT2D eigenvalue weighted by atomic mass is 9.89. The van der Waals surface area contributed by atoms with Crippen LogP contribution in [0, 0.1) is 0 Å². The highest BCUT2D eigenvalue weighted by Gasteiger charge is 2.88. The van der Waals surface area contributed by atoms with Gasteiger partial charge in [0.05, 0.1) is 7.11 Å². The van der Waals surface area contributed by atoms with Crippen molar-refractivity contribution in [1.82, 2.24) is 0 Å². The lowest BCUT2D eigenvalue weighted by molar-refractivity contribution is -0.404. The van der Waals surface area contributed by atoms with Crippen molar-refractivity contribution < 1.29 is 83.3 Å². The van der Waals surface area contributed by atoms with Crippen molar-refractivity contribution in [2.75, 3.05) is 7.11 Å². The van der Waals surface area contributed by atoms with Gasteiger partial charge in [0.2, 0.25) is 0 Å². The molecule has 0 aliphatic carbocycles. The van der Waals surface area contributed by atoms with Gasteiger partial charge in [-0.1, -0.05) is 35.5 Å². The van der Waals surface area contributed by atoms with Gasteiger partial charge in [0.15, 0.2) is 5.71 Å². The molecule has 5 nitrogen and oxygen atoms in total. The van der Waals surface area contributed by atoms with E-state index in [-0.39, 0.29) is 23.4 Å². The molecule has 0 aliphatic heterocycles. The van der Waals surface area contributed by atoms with E-state index in [0.29, 0.717) is 6.07 Å². The Kier molecular flexibility index (Phi) is 9.14. The number of hydrogen-bond donors (Lipinski definition) is 0. The van der Waals surface area contributed by atoms with E-state index >= 15 is 8.78 Å². The Bertz CT molecular complexity index is 1410. The zero-order valence-corrected chi connectivity index (χ0v) is 20.7. The molecule has 0 spiro atoms. The number of benzene rings is 2. The van der Waals surface area contributed by atoms with Crippen LogP contribution in [-0.2, 0) is 14.4 Å². The number of halogens is 15. The first-order valence-electron chi connectivity index (χ1n) is 10.3. The minimum absolute atomic E-state index is 0.0668. The molecule has 0 bridgehead atoms. The van der Waals surface area contributed by atoms with E-state index in [1.165, 1.54) is 30.3 Å². The van der Waals surface area contributed by atoms with E-state index in [1.807, 2.05) is 0 Å². The average Bonchev–Trinajstić information content (AvgIpc) is 2.87. The zero-order chi connectivity index (χ0) is 32.7. The van der Waals surface area contributed by atoms with Gasteiger partial charge < -0.3 is 4.74 Å². The predicted octanol–water partition coefficient (Wildman–Crippen LogP) is 7.37. The summed E-state index contributed by atoms with van der Waals surface area (Å²) < 4.78 is 234. The van der Waals surface area contributed by atoms with Gasteiger partial charge in [-0.05, 0) is 23.8 Å². The number of nitrogens with zero attached hydrogens (tertiary/aromatic N) is 1. The van der Waals surface area contributed by atoms with Crippen LogP contribution in [0.15, 0.2) is 53.7 Å². The lowest BCUT2D eigenvalue weighted by Gasteiger charge is -2.39. The number of rotatable bonds is 11. The summed E-state index contributed by atoms with van der Waals surface area (Å²) >= 11 is 0.